The first-order valence-electron chi connectivity index (χ1n) is 4.27. The molecular formula is C9H15NO2. The SMILES string of the molecule is C=CCCN1CCOC(=O)C1C. The van der Waals surface area contributed by atoms with Crippen LogP contribution in [-0.2, 0) is 9.53 Å². The highest BCUT2D eigenvalue weighted by Crippen LogP contribution is 2.07. The zero-order valence-electron chi connectivity index (χ0n) is 7.45. The molecule has 0 amide bonds. The minimum Gasteiger partial charge on any atom is -0.463 e. The molecule has 1 unspecified atom stereocenters. The normalized spacial score (nSPS) is 25.1. The number of hydrogen-bond acceptors (Lipinski definition) is 3. The fourth-order valence-electron chi connectivity index (χ4n) is 1.29. The van der Waals surface area contributed by atoms with Crippen LogP contribution in [0.2, 0.25) is 0 Å². The maximum Gasteiger partial charge on any atom is 0.323 e. The van der Waals surface area contributed by atoms with Gasteiger partial charge in [0.25, 0.3) is 0 Å². The molecule has 1 aliphatic heterocycles. The van der Waals surface area contributed by atoms with Crippen molar-refractivity contribution in [3.8, 4) is 0 Å². The molecule has 1 saturated heterocycles. The summed E-state index contributed by atoms with van der Waals surface area (Å²) in [5.74, 6) is -0.106. The number of carbonyl (C=O) groups is 1. The van der Waals surface area contributed by atoms with Crippen LogP contribution in [0, 0.1) is 0 Å². The van der Waals surface area contributed by atoms with E-state index < -0.39 is 0 Å². The Morgan fingerprint density at radius 2 is 2.58 bits per heavy atom. The largest absolute Gasteiger partial charge is 0.463 e. The number of carbonyl (C=O) groups excluding carboxylic acids is 1. The van der Waals surface area contributed by atoms with Gasteiger partial charge in [0.1, 0.15) is 12.6 Å². The van der Waals surface area contributed by atoms with Crippen molar-refractivity contribution < 1.29 is 9.53 Å². The van der Waals surface area contributed by atoms with Gasteiger partial charge in [0.2, 0.25) is 0 Å². The van der Waals surface area contributed by atoms with Gasteiger partial charge in [0, 0.05) is 13.1 Å². The Labute approximate surface area is 73.0 Å². The summed E-state index contributed by atoms with van der Waals surface area (Å²) in [6.07, 6.45) is 2.80. The molecule has 0 aromatic rings. The van der Waals surface area contributed by atoms with Crippen molar-refractivity contribution in [3.63, 3.8) is 0 Å². The summed E-state index contributed by atoms with van der Waals surface area (Å²) in [5.41, 5.74) is 0. The first-order chi connectivity index (χ1) is 5.75. The molecule has 1 fully saturated rings. The molecule has 0 bridgehead atoms. The molecule has 0 N–H and O–H groups in total. The lowest BCUT2D eigenvalue weighted by atomic mass is 10.2. The quantitative estimate of drug-likeness (QED) is 0.462. The smallest absolute Gasteiger partial charge is 0.323 e. The van der Waals surface area contributed by atoms with Gasteiger partial charge >= 0.3 is 5.97 Å². The van der Waals surface area contributed by atoms with Gasteiger partial charge in [-0.25, -0.2) is 0 Å². The van der Waals surface area contributed by atoms with E-state index in [9.17, 15) is 4.79 Å². The Hall–Kier alpha value is -0.830. The summed E-state index contributed by atoms with van der Waals surface area (Å²) in [6.45, 7) is 7.80. The standard InChI is InChI=1S/C9H15NO2/c1-3-4-5-10-6-7-12-9(11)8(10)2/h3,8H,1,4-7H2,2H3. The van der Waals surface area contributed by atoms with Gasteiger partial charge in [-0.1, -0.05) is 6.08 Å². The van der Waals surface area contributed by atoms with Crippen molar-refractivity contribution >= 4 is 5.97 Å². The third-order valence-corrected chi connectivity index (χ3v) is 2.13. The number of cyclic esters (lactones) is 1. The molecule has 0 aromatic heterocycles. The molecule has 68 valence electrons. The average molecular weight is 169 g/mol. The summed E-state index contributed by atoms with van der Waals surface area (Å²) >= 11 is 0. The van der Waals surface area contributed by atoms with Gasteiger partial charge in [-0.05, 0) is 13.3 Å². The first kappa shape index (κ1) is 9.26. The van der Waals surface area contributed by atoms with E-state index in [0.717, 1.165) is 19.5 Å². The molecule has 0 radical (unpaired) electrons. The molecule has 0 aliphatic carbocycles. The van der Waals surface area contributed by atoms with Crippen molar-refractivity contribution in [1.82, 2.24) is 4.90 Å². The predicted molar refractivity (Wildman–Crippen MR) is 46.8 cm³/mol. The fraction of sp³-hybridized carbons (Fsp3) is 0.667. The zero-order valence-corrected chi connectivity index (χ0v) is 7.45. The maximum absolute atomic E-state index is 11.1. The van der Waals surface area contributed by atoms with Crippen LogP contribution in [0.1, 0.15) is 13.3 Å². The molecule has 1 rings (SSSR count). The van der Waals surface area contributed by atoms with Gasteiger partial charge in [0.05, 0.1) is 0 Å². The van der Waals surface area contributed by atoms with Crippen LogP contribution >= 0.6 is 0 Å². The number of ether oxygens (including phenoxy) is 1. The minimum absolute atomic E-state index is 0.0845. The van der Waals surface area contributed by atoms with E-state index in [2.05, 4.69) is 11.5 Å². The van der Waals surface area contributed by atoms with Crippen LogP contribution < -0.4 is 0 Å². The van der Waals surface area contributed by atoms with Crippen LogP contribution in [0.3, 0.4) is 0 Å². The van der Waals surface area contributed by atoms with Crippen LogP contribution in [0.25, 0.3) is 0 Å². The monoisotopic (exact) mass is 169 g/mol. The van der Waals surface area contributed by atoms with Crippen LogP contribution in [0.4, 0.5) is 0 Å². The highest BCUT2D eigenvalue weighted by atomic mass is 16.5. The molecule has 12 heavy (non-hydrogen) atoms. The van der Waals surface area contributed by atoms with E-state index in [0.29, 0.717) is 6.61 Å². The molecule has 1 aliphatic rings. The Balaban J connectivity index is 2.40. The third kappa shape index (κ3) is 2.08. The van der Waals surface area contributed by atoms with Crippen molar-refractivity contribution in [2.45, 2.75) is 19.4 Å². The molecule has 1 heterocycles. The molecule has 0 spiro atoms. The summed E-state index contributed by atoms with van der Waals surface area (Å²) in [6, 6.07) is -0.0845. The Morgan fingerprint density at radius 1 is 1.83 bits per heavy atom. The number of nitrogens with zero attached hydrogens (tertiary/aromatic N) is 1. The average Bonchev–Trinajstić information content (AvgIpc) is 2.08. The van der Waals surface area contributed by atoms with Gasteiger partial charge in [0.15, 0.2) is 0 Å². The molecule has 0 aromatic carbocycles. The molecule has 3 heteroatoms. The minimum atomic E-state index is -0.106. The lowest BCUT2D eigenvalue weighted by Gasteiger charge is -2.31. The summed E-state index contributed by atoms with van der Waals surface area (Å²) in [7, 11) is 0. The lowest BCUT2D eigenvalue weighted by molar-refractivity contribution is -0.156. The maximum atomic E-state index is 11.1. The second-order valence-electron chi connectivity index (χ2n) is 2.96. The van der Waals surface area contributed by atoms with Gasteiger partial charge in [-0.15, -0.1) is 6.58 Å². The van der Waals surface area contributed by atoms with Crippen LogP contribution in [0.5, 0.6) is 0 Å². The first-order valence-corrected chi connectivity index (χ1v) is 4.27. The number of morpholine rings is 1. The fourth-order valence-corrected chi connectivity index (χ4v) is 1.29. The van der Waals surface area contributed by atoms with E-state index in [-0.39, 0.29) is 12.0 Å². The number of rotatable bonds is 3. The Morgan fingerprint density at radius 3 is 3.25 bits per heavy atom. The lowest BCUT2D eigenvalue weighted by Crippen LogP contribution is -2.47. The summed E-state index contributed by atoms with van der Waals surface area (Å²) < 4.78 is 4.89. The molecule has 1 atom stereocenters. The Kier molecular flexibility index (Phi) is 3.29. The van der Waals surface area contributed by atoms with Crippen molar-refractivity contribution in [2.75, 3.05) is 19.7 Å². The van der Waals surface area contributed by atoms with Crippen molar-refractivity contribution in [3.05, 3.63) is 12.7 Å². The van der Waals surface area contributed by atoms with E-state index in [1.807, 2.05) is 13.0 Å². The van der Waals surface area contributed by atoms with Gasteiger partial charge < -0.3 is 4.74 Å². The third-order valence-electron chi connectivity index (χ3n) is 2.13. The van der Waals surface area contributed by atoms with Gasteiger partial charge in [-0.3, -0.25) is 9.69 Å². The highest BCUT2D eigenvalue weighted by Gasteiger charge is 2.26. The summed E-state index contributed by atoms with van der Waals surface area (Å²) in [5, 5.41) is 0. The molecular weight excluding hydrogens is 154 g/mol. The van der Waals surface area contributed by atoms with Crippen molar-refractivity contribution in [2.24, 2.45) is 0 Å². The van der Waals surface area contributed by atoms with Crippen LogP contribution in [0.15, 0.2) is 12.7 Å². The van der Waals surface area contributed by atoms with E-state index in [4.69, 9.17) is 4.74 Å². The van der Waals surface area contributed by atoms with Crippen molar-refractivity contribution in [1.29, 1.82) is 0 Å². The van der Waals surface area contributed by atoms with E-state index >= 15 is 0 Å². The highest BCUT2D eigenvalue weighted by molar-refractivity contribution is 5.75. The second-order valence-corrected chi connectivity index (χ2v) is 2.96. The van der Waals surface area contributed by atoms with E-state index in [1.54, 1.807) is 0 Å². The van der Waals surface area contributed by atoms with Gasteiger partial charge in [-0.2, -0.15) is 0 Å². The van der Waals surface area contributed by atoms with E-state index in [1.165, 1.54) is 0 Å². The van der Waals surface area contributed by atoms with Crippen LogP contribution in [-0.4, -0.2) is 36.6 Å². The number of esters is 1. The Bertz CT molecular complexity index is 179. The topological polar surface area (TPSA) is 29.5 Å². The predicted octanol–water partition coefficient (Wildman–Crippen LogP) is 0.810. The summed E-state index contributed by atoms with van der Waals surface area (Å²) in [4.78, 5) is 13.2. The molecule has 0 saturated carbocycles. The number of hydrogen-bond donors (Lipinski definition) is 0. The molecule has 3 nitrogen and oxygen atoms in total. The zero-order chi connectivity index (χ0) is 8.97. The second kappa shape index (κ2) is 4.26.